The summed E-state index contributed by atoms with van der Waals surface area (Å²) >= 11 is 0. The third-order valence-corrected chi connectivity index (χ3v) is 5.43. The molecule has 1 atom stereocenters. The van der Waals surface area contributed by atoms with Crippen LogP contribution in [0, 0.1) is 11.3 Å². The van der Waals surface area contributed by atoms with E-state index in [0.717, 1.165) is 37.2 Å². The fourth-order valence-electron chi connectivity index (χ4n) is 3.74. The molecule has 0 radical (unpaired) electrons. The number of amides is 2. The molecule has 2 amide bonds. The summed E-state index contributed by atoms with van der Waals surface area (Å²) in [6.07, 6.45) is 3.50. The number of likely N-dealkylation sites (tertiary alicyclic amines) is 1. The Morgan fingerprint density at radius 2 is 2.08 bits per heavy atom. The second-order valence-corrected chi connectivity index (χ2v) is 7.45. The van der Waals surface area contributed by atoms with E-state index in [2.05, 4.69) is 12.2 Å². The highest BCUT2D eigenvalue weighted by Crippen LogP contribution is 2.48. The van der Waals surface area contributed by atoms with Gasteiger partial charge in [0.25, 0.3) is 0 Å². The van der Waals surface area contributed by atoms with Crippen LogP contribution >= 0.6 is 0 Å². The van der Waals surface area contributed by atoms with Gasteiger partial charge in [-0.1, -0.05) is 13.0 Å². The molecule has 1 saturated heterocycles. The second kappa shape index (κ2) is 6.24. The van der Waals surface area contributed by atoms with Gasteiger partial charge in [0.05, 0.1) is 0 Å². The van der Waals surface area contributed by atoms with Gasteiger partial charge in [0.1, 0.15) is 5.41 Å². The molecule has 2 aliphatic heterocycles. The van der Waals surface area contributed by atoms with Crippen LogP contribution in [-0.4, -0.2) is 36.6 Å². The molecular formula is C19H24N2O4. The summed E-state index contributed by atoms with van der Waals surface area (Å²) in [5.41, 5.74) is 0.111. The third-order valence-electron chi connectivity index (χ3n) is 5.43. The first-order chi connectivity index (χ1) is 12.1. The lowest BCUT2D eigenvalue weighted by Gasteiger charge is -2.33. The number of hydrogen-bond acceptors (Lipinski definition) is 4. The third kappa shape index (κ3) is 3.05. The van der Waals surface area contributed by atoms with E-state index in [9.17, 15) is 9.59 Å². The molecule has 3 aliphatic rings. The number of piperidine rings is 1. The molecule has 1 aliphatic carbocycles. The van der Waals surface area contributed by atoms with E-state index in [0.29, 0.717) is 31.1 Å². The van der Waals surface area contributed by atoms with Gasteiger partial charge in [-0.25, -0.2) is 0 Å². The lowest BCUT2D eigenvalue weighted by atomic mass is 9.96. The molecule has 0 bridgehead atoms. The summed E-state index contributed by atoms with van der Waals surface area (Å²) in [4.78, 5) is 27.4. The number of nitrogens with one attached hydrogen (secondary N) is 1. The molecule has 4 rings (SSSR count). The lowest BCUT2D eigenvalue weighted by molar-refractivity contribution is -0.145. The molecule has 2 fully saturated rings. The largest absolute Gasteiger partial charge is 0.454 e. The molecule has 6 heteroatoms. The van der Waals surface area contributed by atoms with Gasteiger partial charge in [-0.3, -0.25) is 9.59 Å². The number of ether oxygens (including phenoxy) is 2. The minimum atomic E-state index is -0.826. The maximum atomic E-state index is 12.9. The summed E-state index contributed by atoms with van der Waals surface area (Å²) in [6, 6.07) is 5.62. The first-order valence-corrected chi connectivity index (χ1v) is 9.05. The molecule has 0 aromatic heterocycles. The first-order valence-electron chi connectivity index (χ1n) is 9.05. The van der Waals surface area contributed by atoms with Crippen LogP contribution in [0.5, 0.6) is 11.5 Å². The molecule has 2 heterocycles. The van der Waals surface area contributed by atoms with Crippen LogP contribution < -0.4 is 14.8 Å². The number of carbonyl (C=O) groups is 2. The van der Waals surface area contributed by atoms with Crippen molar-refractivity contribution < 1.29 is 19.1 Å². The maximum Gasteiger partial charge on any atom is 0.238 e. The average Bonchev–Trinajstić information content (AvgIpc) is 3.30. The average molecular weight is 344 g/mol. The van der Waals surface area contributed by atoms with E-state index in [-0.39, 0.29) is 18.6 Å². The van der Waals surface area contributed by atoms with E-state index in [1.165, 1.54) is 0 Å². The van der Waals surface area contributed by atoms with Gasteiger partial charge >= 0.3 is 0 Å². The van der Waals surface area contributed by atoms with Crippen LogP contribution in [0.15, 0.2) is 18.2 Å². The van der Waals surface area contributed by atoms with Crippen LogP contribution in [0.4, 0.5) is 0 Å². The molecule has 1 unspecified atom stereocenters. The summed E-state index contributed by atoms with van der Waals surface area (Å²) in [6.45, 7) is 4.34. The molecule has 25 heavy (non-hydrogen) atoms. The van der Waals surface area contributed by atoms with Crippen molar-refractivity contribution in [3.05, 3.63) is 23.8 Å². The number of carbonyl (C=O) groups excluding carboxylic acids is 2. The second-order valence-electron chi connectivity index (χ2n) is 7.45. The van der Waals surface area contributed by atoms with Crippen molar-refractivity contribution in [2.45, 2.75) is 39.2 Å². The summed E-state index contributed by atoms with van der Waals surface area (Å²) in [5.74, 6) is 1.82. The van der Waals surface area contributed by atoms with Gasteiger partial charge in [-0.05, 0) is 49.3 Å². The van der Waals surface area contributed by atoms with E-state index in [1.54, 1.807) is 0 Å². The Hall–Kier alpha value is -2.24. The highest BCUT2D eigenvalue weighted by atomic mass is 16.7. The predicted octanol–water partition coefficient (Wildman–Crippen LogP) is 2.07. The zero-order chi connectivity index (χ0) is 17.4. The van der Waals surface area contributed by atoms with E-state index in [1.807, 2.05) is 23.1 Å². The van der Waals surface area contributed by atoms with Crippen molar-refractivity contribution in [1.29, 1.82) is 0 Å². The van der Waals surface area contributed by atoms with Crippen molar-refractivity contribution in [2.24, 2.45) is 11.3 Å². The molecule has 0 spiro atoms. The SMILES string of the molecule is CC1CCCN(C(=O)C2(C(=O)NCc3ccc4c(c3)OCO4)CC2)C1. The smallest absolute Gasteiger partial charge is 0.238 e. The van der Waals surface area contributed by atoms with Crippen LogP contribution in [-0.2, 0) is 16.1 Å². The Bertz CT molecular complexity index is 699. The van der Waals surface area contributed by atoms with E-state index >= 15 is 0 Å². The zero-order valence-electron chi connectivity index (χ0n) is 14.5. The quantitative estimate of drug-likeness (QED) is 0.849. The molecule has 1 aromatic carbocycles. The molecular weight excluding hydrogens is 320 g/mol. The zero-order valence-corrected chi connectivity index (χ0v) is 14.5. The van der Waals surface area contributed by atoms with E-state index in [4.69, 9.17) is 9.47 Å². The van der Waals surface area contributed by atoms with Gasteiger partial charge in [0.2, 0.25) is 18.6 Å². The van der Waals surface area contributed by atoms with Gasteiger partial charge in [-0.15, -0.1) is 0 Å². The Kier molecular flexibility index (Phi) is 4.06. The van der Waals surface area contributed by atoms with Crippen molar-refractivity contribution in [3.63, 3.8) is 0 Å². The van der Waals surface area contributed by atoms with Crippen LogP contribution in [0.3, 0.4) is 0 Å². The maximum absolute atomic E-state index is 12.9. The van der Waals surface area contributed by atoms with E-state index < -0.39 is 5.41 Å². The Morgan fingerprint density at radius 1 is 1.28 bits per heavy atom. The van der Waals surface area contributed by atoms with Gasteiger partial charge in [-0.2, -0.15) is 0 Å². The normalized spacial score (nSPS) is 23.2. The highest BCUT2D eigenvalue weighted by molar-refractivity contribution is 6.07. The van der Waals surface area contributed by atoms with Crippen molar-refractivity contribution in [2.75, 3.05) is 19.9 Å². The van der Waals surface area contributed by atoms with Gasteiger partial charge in [0, 0.05) is 19.6 Å². The fourth-order valence-corrected chi connectivity index (χ4v) is 3.74. The number of fused-ring (bicyclic) bond motifs is 1. The number of nitrogens with zero attached hydrogens (tertiary/aromatic N) is 1. The number of benzene rings is 1. The fraction of sp³-hybridized carbons (Fsp3) is 0.579. The molecule has 1 N–H and O–H groups in total. The molecule has 1 aromatic rings. The van der Waals surface area contributed by atoms with Crippen molar-refractivity contribution in [1.82, 2.24) is 10.2 Å². The van der Waals surface area contributed by atoms with Crippen LogP contribution in [0.25, 0.3) is 0 Å². The Morgan fingerprint density at radius 3 is 2.84 bits per heavy atom. The monoisotopic (exact) mass is 344 g/mol. The van der Waals surface area contributed by atoms with Crippen molar-refractivity contribution in [3.8, 4) is 11.5 Å². The summed E-state index contributed by atoms with van der Waals surface area (Å²) < 4.78 is 10.6. The topological polar surface area (TPSA) is 67.9 Å². The first kappa shape index (κ1) is 16.2. The molecule has 1 saturated carbocycles. The Balaban J connectivity index is 1.38. The summed E-state index contributed by atoms with van der Waals surface area (Å²) in [5, 5.41) is 2.94. The molecule has 6 nitrogen and oxygen atoms in total. The van der Waals surface area contributed by atoms with Crippen LogP contribution in [0.1, 0.15) is 38.2 Å². The highest BCUT2D eigenvalue weighted by Gasteiger charge is 2.58. The predicted molar refractivity (Wildman–Crippen MR) is 91.1 cm³/mol. The van der Waals surface area contributed by atoms with Crippen molar-refractivity contribution >= 4 is 11.8 Å². The molecule has 134 valence electrons. The number of hydrogen-bond donors (Lipinski definition) is 1. The lowest BCUT2D eigenvalue weighted by Crippen LogP contribution is -2.48. The van der Waals surface area contributed by atoms with Gasteiger partial charge < -0.3 is 19.7 Å². The minimum absolute atomic E-state index is 0.0160. The van der Waals surface area contributed by atoms with Crippen LogP contribution in [0.2, 0.25) is 0 Å². The number of rotatable bonds is 4. The Labute approximate surface area is 147 Å². The summed E-state index contributed by atoms with van der Waals surface area (Å²) in [7, 11) is 0. The van der Waals surface area contributed by atoms with Gasteiger partial charge in [0.15, 0.2) is 11.5 Å². The standard InChI is InChI=1S/C19H24N2O4/c1-13-3-2-8-21(11-13)18(23)19(6-7-19)17(22)20-10-14-4-5-15-16(9-14)25-12-24-15/h4-5,9,13H,2-3,6-8,10-12H2,1H3,(H,20,22). The minimum Gasteiger partial charge on any atom is -0.454 e.